The fourth-order valence-electron chi connectivity index (χ4n) is 3.63. The van der Waals surface area contributed by atoms with E-state index in [0.29, 0.717) is 25.0 Å². The first-order valence-electron chi connectivity index (χ1n) is 7.45. The minimum atomic E-state index is -3.72. The summed E-state index contributed by atoms with van der Waals surface area (Å²) in [7, 11) is -1.61. The molecule has 6 heteroatoms. The minimum absolute atomic E-state index is 0.201. The first kappa shape index (κ1) is 14.9. The number of halogens is 1. The molecule has 4 nitrogen and oxygen atoms in total. The number of piperidine rings is 2. The van der Waals surface area contributed by atoms with E-state index >= 15 is 0 Å². The third-order valence-corrected chi connectivity index (χ3v) is 6.66. The highest BCUT2D eigenvalue weighted by Gasteiger charge is 2.39. The van der Waals surface area contributed by atoms with Gasteiger partial charge in [0.15, 0.2) is 0 Å². The van der Waals surface area contributed by atoms with Crippen LogP contribution in [0.25, 0.3) is 0 Å². The van der Waals surface area contributed by atoms with Gasteiger partial charge in [-0.1, -0.05) is 12.1 Å². The molecule has 0 bridgehead atoms. The highest BCUT2D eigenvalue weighted by Crippen LogP contribution is 2.32. The van der Waals surface area contributed by atoms with Gasteiger partial charge in [-0.25, -0.2) is 12.8 Å². The van der Waals surface area contributed by atoms with E-state index in [1.807, 2.05) is 0 Å². The number of fused-ring (bicyclic) bond motifs is 1. The Morgan fingerprint density at radius 3 is 2.71 bits per heavy atom. The van der Waals surface area contributed by atoms with Gasteiger partial charge in [0.05, 0.1) is 0 Å². The normalized spacial score (nSPS) is 28.3. The molecule has 2 heterocycles. The van der Waals surface area contributed by atoms with Crippen LogP contribution in [0.1, 0.15) is 19.3 Å². The van der Waals surface area contributed by atoms with Crippen molar-refractivity contribution in [3.05, 3.63) is 30.1 Å². The van der Waals surface area contributed by atoms with Gasteiger partial charge >= 0.3 is 0 Å². The molecule has 2 aliphatic heterocycles. The van der Waals surface area contributed by atoms with Crippen LogP contribution in [0.5, 0.6) is 0 Å². The van der Waals surface area contributed by atoms with Gasteiger partial charge < -0.3 is 4.90 Å². The molecule has 21 heavy (non-hydrogen) atoms. The monoisotopic (exact) mass is 312 g/mol. The van der Waals surface area contributed by atoms with E-state index in [-0.39, 0.29) is 4.90 Å². The standard InChI is InChI=1S/C15H21FN2O2S/c1-17-9-4-5-12-11-18(10-8-14(12)17)21(19,20)15-7-3-2-6-13(15)16/h2-3,6-7,12,14H,4-5,8-11H2,1H3. The Bertz CT molecular complexity index is 620. The summed E-state index contributed by atoms with van der Waals surface area (Å²) >= 11 is 0. The summed E-state index contributed by atoms with van der Waals surface area (Å²) in [6.07, 6.45) is 2.98. The van der Waals surface area contributed by atoms with Crippen LogP contribution < -0.4 is 0 Å². The topological polar surface area (TPSA) is 40.6 Å². The quantitative estimate of drug-likeness (QED) is 0.838. The van der Waals surface area contributed by atoms with E-state index in [1.165, 1.54) is 22.5 Å². The maximum Gasteiger partial charge on any atom is 0.245 e. The molecule has 2 unspecified atom stereocenters. The van der Waals surface area contributed by atoms with Crippen molar-refractivity contribution in [2.45, 2.75) is 30.2 Å². The lowest BCUT2D eigenvalue weighted by Crippen LogP contribution is -2.53. The summed E-state index contributed by atoms with van der Waals surface area (Å²) in [5.41, 5.74) is 0. The van der Waals surface area contributed by atoms with Crippen molar-refractivity contribution in [3.8, 4) is 0 Å². The van der Waals surface area contributed by atoms with Crippen molar-refractivity contribution in [2.24, 2.45) is 5.92 Å². The molecule has 2 fully saturated rings. The van der Waals surface area contributed by atoms with Crippen LogP contribution in [0, 0.1) is 11.7 Å². The Morgan fingerprint density at radius 1 is 1.19 bits per heavy atom. The smallest absolute Gasteiger partial charge is 0.245 e. The molecule has 0 spiro atoms. The second kappa shape index (κ2) is 5.66. The lowest BCUT2D eigenvalue weighted by Gasteiger charge is -2.45. The van der Waals surface area contributed by atoms with Crippen molar-refractivity contribution in [1.82, 2.24) is 9.21 Å². The number of hydrogen-bond donors (Lipinski definition) is 0. The van der Waals surface area contributed by atoms with Gasteiger partial charge in [0.25, 0.3) is 0 Å². The maximum absolute atomic E-state index is 13.8. The fourth-order valence-corrected chi connectivity index (χ4v) is 5.21. The molecule has 2 atom stereocenters. The molecule has 0 N–H and O–H groups in total. The molecular weight excluding hydrogens is 291 g/mol. The van der Waals surface area contributed by atoms with Gasteiger partial charge in [-0.3, -0.25) is 0 Å². The van der Waals surface area contributed by atoms with Crippen LogP contribution in [-0.2, 0) is 10.0 Å². The Hall–Kier alpha value is -0.980. The predicted octanol–water partition coefficient (Wildman–Crippen LogP) is 1.93. The number of benzene rings is 1. The maximum atomic E-state index is 13.8. The zero-order valence-electron chi connectivity index (χ0n) is 12.2. The third-order valence-electron chi connectivity index (χ3n) is 4.76. The molecule has 0 aromatic heterocycles. The summed E-state index contributed by atoms with van der Waals surface area (Å²) in [4.78, 5) is 2.13. The van der Waals surface area contributed by atoms with Gasteiger partial charge in [0.2, 0.25) is 10.0 Å². The first-order valence-corrected chi connectivity index (χ1v) is 8.89. The molecule has 0 saturated carbocycles. The number of nitrogens with zero attached hydrogens (tertiary/aromatic N) is 2. The van der Waals surface area contributed by atoms with Gasteiger partial charge in [-0.2, -0.15) is 4.31 Å². The first-order chi connectivity index (χ1) is 10.00. The second-order valence-electron chi connectivity index (χ2n) is 6.03. The third kappa shape index (κ3) is 2.72. The highest BCUT2D eigenvalue weighted by molar-refractivity contribution is 7.89. The molecule has 0 radical (unpaired) electrons. The Labute approximate surface area is 125 Å². The molecule has 2 aliphatic rings. The molecule has 2 saturated heterocycles. The average Bonchev–Trinajstić information content (AvgIpc) is 2.47. The van der Waals surface area contributed by atoms with Crippen molar-refractivity contribution in [1.29, 1.82) is 0 Å². The van der Waals surface area contributed by atoms with Crippen LogP contribution in [0.4, 0.5) is 4.39 Å². The van der Waals surface area contributed by atoms with Crippen LogP contribution in [0.3, 0.4) is 0 Å². The van der Waals surface area contributed by atoms with E-state index in [1.54, 1.807) is 6.07 Å². The highest BCUT2D eigenvalue weighted by atomic mass is 32.2. The van der Waals surface area contributed by atoms with E-state index in [4.69, 9.17) is 0 Å². The lowest BCUT2D eigenvalue weighted by atomic mass is 9.85. The number of rotatable bonds is 2. The van der Waals surface area contributed by atoms with Crippen molar-refractivity contribution in [2.75, 3.05) is 26.7 Å². The predicted molar refractivity (Wildman–Crippen MR) is 78.9 cm³/mol. The van der Waals surface area contributed by atoms with Crippen molar-refractivity contribution >= 4 is 10.0 Å². The van der Waals surface area contributed by atoms with Gasteiger partial charge in [-0.05, 0) is 50.9 Å². The van der Waals surface area contributed by atoms with Crippen LogP contribution in [0.15, 0.2) is 29.2 Å². The average molecular weight is 312 g/mol. The summed E-state index contributed by atoms with van der Waals surface area (Å²) in [5, 5.41) is 0. The zero-order valence-corrected chi connectivity index (χ0v) is 13.0. The summed E-state index contributed by atoms with van der Waals surface area (Å²) in [5.74, 6) is -0.306. The number of hydrogen-bond acceptors (Lipinski definition) is 3. The second-order valence-corrected chi connectivity index (χ2v) is 7.94. The molecule has 116 valence electrons. The van der Waals surface area contributed by atoms with Gasteiger partial charge in [-0.15, -0.1) is 0 Å². The van der Waals surface area contributed by atoms with Crippen LogP contribution >= 0.6 is 0 Å². The molecule has 1 aromatic carbocycles. The number of likely N-dealkylation sites (tertiary alicyclic amines) is 1. The van der Waals surface area contributed by atoms with E-state index in [0.717, 1.165) is 25.8 Å². The lowest BCUT2D eigenvalue weighted by molar-refractivity contribution is 0.0670. The summed E-state index contributed by atoms with van der Waals surface area (Å²) in [6.45, 7) is 2.06. The van der Waals surface area contributed by atoms with E-state index in [2.05, 4.69) is 11.9 Å². The molecule has 0 amide bonds. The van der Waals surface area contributed by atoms with E-state index in [9.17, 15) is 12.8 Å². The zero-order chi connectivity index (χ0) is 15.0. The molecule has 0 aliphatic carbocycles. The molecule has 3 rings (SSSR count). The van der Waals surface area contributed by atoms with E-state index < -0.39 is 15.8 Å². The van der Waals surface area contributed by atoms with Crippen LogP contribution in [-0.4, -0.2) is 50.3 Å². The fraction of sp³-hybridized carbons (Fsp3) is 0.600. The Balaban J connectivity index is 1.83. The van der Waals surface area contributed by atoms with Gasteiger partial charge in [0.1, 0.15) is 10.7 Å². The SMILES string of the molecule is CN1CCCC2CN(S(=O)(=O)c3ccccc3F)CCC21. The van der Waals surface area contributed by atoms with Crippen LogP contribution in [0.2, 0.25) is 0 Å². The molecular formula is C15H21FN2O2S. The Kier molecular flexibility index (Phi) is 4.03. The minimum Gasteiger partial charge on any atom is -0.303 e. The summed E-state index contributed by atoms with van der Waals surface area (Å²) < 4.78 is 40.6. The largest absolute Gasteiger partial charge is 0.303 e. The van der Waals surface area contributed by atoms with Crippen molar-refractivity contribution < 1.29 is 12.8 Å². The Morgan fingerprint density at radius 2 is 1.95 bits per heavy atom. The van der Waals surface area contributed by atoms with Crippen molar-refractivity contribution in [3.63, 3.8) is 0 Å². The molecule has 1 aromatic rings. The number of sulfonamides is 1. The summed E-state index contributed by atoms with van der Waals surface area (Å²) in [6, 6.07) is 6.09. The van der Waals surface area contributed by atoms with Gasteiger partial charge in [0, 0.05) is 19.1 Å².